The number of aromatic amines is 1. The molecule has 3 N–H and O–H groups in total. The number of nitro benzene ring substituents is 1. The Hall–Kier alpha value is -4.64. The van der Waals surface area contributed by atoms with Crippen molar-refractivity contribution in [3.63, 3.8) is 0 Å². The Balaban J connectivity index is 1.77. The van der Waals surface area contributed by atoms with E-state index in [-0.39, 0.29) is 23.0 Å². The fraction of sp³-hybridized carbons (Fsp3) is 0.0435. The second-order valence-corrected chi connectivity index (χ2v) is 7.12. The van der Waals surface area contributed by atoms with Gasteiger partial charge in [0.05, 0.1) is 22.1 Å². The van der Waals surface area contributed by atoms with E-state index in [0.717, 1.165) is 16.3 Å². The molecule has 1 atom stereocenters. The number of nitrogens with two attached hydrogens (primary N) is 1. The van der Waals surface area contributed by atoms with E-state index < -0.39 is 10.8 Å². The van der Waals surface area contributed by atoms with Gasteiger partial charge in [0.1, 0.15) is 11.6 Å². The molecule has 2 heterocycles. The van der Waals surface area contributed by atoms with Gasteiger partial charge in [0.2, 0.25) is 11.8 Å². The van der Waals surface area contributed by atoms with Crippen molar-refractivity contribution in [3.8, 4) is 23.2 Å². The van der Waals surface area contributed by atoms with Crippen LogP contribution in [0.2, 0.25) is 0 Å². The third kappa shape index (κ3) is 2.88. The van der Waals surface area contributed by atoms with E-state index in [2.05, 4.69) is 16.3 Å². The van der Waals surface area contributed by atoms with Gasteiger partial charge >= 0.3 is 0 Å². The molecule has 0 aliphatic carbocycles. The number of benzene rings is 3. The second kappa shape index (κ2) is 7.00. The molecule has 0 amide bonds. The van der Waals surface area contributed by atoms with Crippen LogP contribution in [0, 0.1) is 21.4 Å². The molecule has 0 radical (unpaired) electrons. The van der Waals surface area contributed by atoms with Crippen molar-refractivity contribution in [2.45, 2.75) is 5.92 Å². The molecule has 1 aromatic heterocycles. The molecule has 31 heavy (non-hydrogen) atoms. The van der Waals surface area contributed by atoms with Crippen LogP contribution in [0.3, 0.4) is 0 Å². The minimum Gasteiger partial charge on any atom is -0.420 e. The highest BCUT2D eigenvalue weighted by atomic mass is 16.6. The normalized spacial score (nSPS) is 15.3. The Morgan fingerprint density at radius 3 is 2.61 bits per heavy atom. The maximum absolute atomic E-state index is 11.7. The summed E-state index contributed by atoms with van der Waals surface area (Å²) in [5, 5.41) is 30.9. The van der Waals surface area contributed by atoms with Crippen LogP contribution >= 0.6 is 0 Å². The number of fused-ring (bicyclic) bond motifs is 2. The number of allylic oxidation sites excluding steroid dienone is 1. The first kappa shape index (κ1) is 18.4. The van der Waals surface area contributed by atoms with E-state index in [0.29, 0.717) is 16.8 Å². The molecule has 0 saturated heterocycles. The van der Waals surface area contributed by atoms with Gasteiger partial charge in [-0.1, -0.05) is 54.6 Å². The number of H-pyrrole nitrogens is 1. The molecular formula is C23H15N5O3. The molecule has 0 saturated carbocycles. The van der Waals surface area contributed by atoms with E-state index in [9.17, 15) is 15.4 Å². The average Bonchev–Trinajstić information content (AvgIpc) is 3.21. The van der Waals surface area contributed by atoms with Gasteiger partial charge in [0.25, 0.3) is 5.69 Å². The summed E-state index contributed by atoms with van der Waals surface area (Å²) in [5.41, 5.74) is 8.31. The summed E-state index contributed by atoms with van der Waals surface area (Å²) >= 11 is 0. The molecule has 8 nitrogen and oxygen atoms in total. The van der Waals surface area contributed by atoms with Crippen molar-refractivity contribution in [1.82, 2.24) is 10.2 Å². The molecule has 150 valence electrons. The minimum absolute atomic E-state index is 0.102. The van der Waals surface area contributed by atoms with Gasteiger partial charge < -0.3 is 10.5 Å². The van der Waals surface area contributed by atoms with Gasteiger partial charge in [-0.05, 0) is 16.8 Å². The molecule has 5 rings (SSSR count). The van der Waals surface area contributed by atoms with E-state index in [1.54, 1.807) is 18.2 Å². The van der Waals surface area contributed by atoms with Crippen LogP contribution in [-0.4, -0.2) is 15.1 Å². The Kier molecular flexibility index (Phi) is 4.15. The van der Waals surface area contributed by atoms with Gasteiger partial charge in [0, 0.05) is 17.2 Å². The summed E-state index contributed by atoms with van der Waals surface area (Å²) in [6, 6.07) is 22.2. The number of ether oxygens (including phenoxy) is 1. The highest BCUT2D eigenvalue weighted by molar-refractivity contribution is 5.87. The van der Waals surface area contributed by atoms with Crippen molar-refractivity contribution in [1.29, 1.82) is 5.26 Å². The van der Waals surface area contributed by atoms with Gasteiger partial charge in [-0.2, -0.15) is 5.26 Å². The molecular weight excluding hydrogens is 394 g/mol. The topological polar surface area (TPSA) is 131 Å². The van der Waals surface area contributed by atoms with Crippen molar-refractivity contribution in [2.75, 3.05) is 0 Å². The highest BCUT2D eigenvalue weighted by Crippen LogP contribution is 2.47. The number of aromatic nitrogens is 2. The molecule has 8 heteroatoms. The number of nitro groups is 1. The third-order valence-electron chi connectivity index (χ3n) is 5.42. The lowest BCUT2D eigenvalue weighted by atomic mass is 9.82. The van der Waals surface area contributed by atoms with E-state index in [4.69, 9.17) is 10.5 Å². The maximum Gasteiger partial charge on any atom is 0.273 e. The molecule has 3 aromatic carbocycles. The summed E-state index contributed by atoms with van der Waals surface area (Å²) in [7, 11) is 0. The molecule has 0 spiro atoms. The van der Waals surface area contributed by atoms with Gasteiger partial charge in [0.15, 0.2) is 0 Å². The predicted octanol–water partition coefficient (Wildman–Crippen LogP) is 4.36. The van der Waals surface area contributed by atoms with Crippen molar-refractivity contribution < 1.29 is 9.66 Å². The summed E-state index contributed by atoms with van der Waals surface area (Å²) in [5.74, 6) is -0.715. The third-order valence-corrected chi connectivity index (χ3v) is 5.42. The summed E-state index contributed by atoms with van der Waals surface area (Å²) < 4.78 is 5.60. The highest BCUT2D eigenvalue weighted by Gasteiger charge is 2.38. The predicted molar refractivity (Wildman–Crippen MR) is 114 cm³/mol. The first-order valence-corrected chi connectivity index (χ1v) is 9.47. The van der Waals surface area contributed by atoms with Crippen LogP contribution < -0.4 is 10.5 Å². The number of nitrogens with zero attached hydrogens (tertiary/aromatic N) is 3. The van der Waals surface area contributed by atoms with Crippen LogP contribution in [-0.2, 0) is 0 Å². The fourth-order valence-electron chi connectivity index (χ4n) is 4.02. The quantitative estimate of drug-likeness (QED) is 0.382. The lowest BCUT2D eigenvalue weighted by Gasteiger charge is -2.24. The lowest BCUT2D eigenvalue weighted by Crippen LogP contribution is -2.21. The largest absolute Gasteiger partial charge is 0.420 e. The maximum atomic E-state index is 11.7. The number of hydrogen-bond donors (Lipinski definition) is 2. The van der Waals surface area contributed by atoms with Crippen molar-refractivity contribution >= 4 is 16.5 Å². The lowest BCUT2D eigenvalue weighted by molar-refractivity contribution is -0.385. The fourth-order valence-corrected chi connectivity index (χ4v) is 4.02. The van der Waals surface area contributed by atoms with E-state index in [1.165, 1.54) is 6.07 Å². The number of para-hydroxylation sites is 1. The Morgan fingerprint density at radius 1 is 1.10 bits per heavy atom. The van der Waals surface area contributed by atoms with Crippen molar-refractivity contribution in [3.05, 3.63) is 99.4 Å². The molecule has 1 aliphatic heterocycles. The van der Waals surface area contributed by atoms with Crippen LogP contribution in [0.4, 0.5) is 5.69 Å². The van der Waals surface area contributed by atoms with Gasteiger partial charge in [-0.3, -0.25) is 15.2 Å². The first-order chi connectivity index (χ1) is 15.1. The number of hydrogen-bond acceptors (Lipinski definition) is 6. The Morgan fingerprint density at radius 2 is 1.84 bits per heavy atom. The monoisotopic (exact) mass is 409 g/mol. The number of rotatable bonds is 3. The Labute approximate surface area is 176 Å². The first-order valence-electron chi connectivity index (χ1n) is 9.47. The zero-order valence-electron chi connectivity index (χ0n) is 16.1. The van der Waals surface area contributed by atoms with Gasteiger partial charge in [-0.15, -0.1) is 5.10 Å². The summed E-state index contributed by atoms with van der Waals surface area (Å²) in [4.78, 5) is 11.2. The molecule has 4 aromatic rings. The molecule has 0 unspecified atom stereocenters. The summed E-state index contributed by atoms with van der Waals surface area (Å²) in [6.45, 7) is 0. The molecule has 1 aliphatic rings. The molecule has 0 bridgehead atoms. The second-order valence-electron chi connectivity index (χ2n) is 7.12. The average molecular weight is 409 g/mol. The standard InChI is InChI=1S/C23H15N5O3/c24-12-17-19(16-7-3-4-8-18(16)28(29)30)20-21(26-27-23(20)31-22(17)25)15-10-9-13-5-1-2-6-14(13)11-15/h1-11,19H,25H2,(H,26,27)/t19-/m1/s1. The van der Waals surface area contributed by atoms with Gasteiger partial charge in [-0.25, -0.2) is 0 Å². The number of nitrogens with one attached hydrogen (secondary N) is 1. The van der Waals surface area contributed by atoms with Crippen LogP contribution in [0.15, 0.2) is 78.2 Å². The Bertz CT molecular complexity index is 1430. The SMILES string of the molecule is N#CC1=C(N)Oc2n[nH]c(-c3ccc4ccccc4c3)c2[C@@H]1c1ccccc1[N+](=O)[O-]. The smallest absolute Gasteiger partial charge is 0.273 e. The van der Waals surface area contributed by atoms with E-state index in [1.807, 2.05) is 42.5 Å². The van der Waals surface area contributed by atoms with Crippen LogP contribution in [0.5, 0.6) is 5.88 Å². The number of nitriles is 1. The van der Waals surface area contributed by atoms with E-state index >= 15 is 0 Å². The summed E-state index contributed by atoms with van der Waals surface area (Å²) in [6.07, 6.45) is 0. The zero-order chi connectivity index (χ0) is 21.5. The minimum atomic E-state index is -0.796. The van der Waals surface area contributed by atoms with Crippen molar-refractivity contribution in [2.24, 2.45) is 5.73 Å². The van der Waals surface area contributed by atoms with Crippen LogP contribution in [0.25, 0.3) is 22.0 Å². The zero-order valence-corrected chi connectivity index (χ0v) is 16.1. The van der Waals surface area contributed by atoms with Crippen LogP contribution in [0.1, 0.15) is 17.0 Å². The molecule has 0 fully saturated rings.